The van der Waals surface area contributed by atoms with Crippen LogP contribution in [-0.4, -0.2) is 42.8 Å². The van der Waals surface area contributed by atoms with Gasteiger partial charge >= 0.3 is 6.09 Å². The van der Waals surface area contributed by atoms with Crippen LogP contribution < -0.4 is 5.32 Å². The molecule has 3 rings (SSSR count). The van der Waals surface area contributed by atoms with E-state index in [1.807, 2.05) is 17.9 Å². The molecule has 0 aliphatic carbocycles. The van der Waals surface area contributed by atoms with Gasteiger partial charge in [-0.3, -0.25) is 0 Å². The van der Waals surface area contributed by atoms with E-state index in [1.54, 1.807) is 0 Å². The lowest BCUT2D eigenvalue weighted by Crippen LogP contribution is -2.45. The normalized spacial score (nSPS) is 28.4. The lowest BCUT2D eigenvalue weighted by molar-refractivity contribution is 0.0991. The highest BCUT2D eigenvalue weighted by atomic mass is 16.6. The van der Waals surface area contributed by atoms with Gasteiger partial charge in [-0.2, -0.15) is 0 Å². The molecule has 2 aliphatic rings. The lowest BCUT2D eigenvalue weighted by atomic mass is 9.95. The second-order valence-electron chi connectivity index (χ2n) is 5.64. The van der Waals surface area contributed by atoms with Crippen LogP contribution in [0.25, 0.3) is 0 Å². The van der Waals surface area contributed by atoms with Crippen molar-refractivity contribution in [3.8, 4) is 0 Å². The Morgan fingerprint density at radius 3 is 2.95 bits per heavy atom. The summed E-state index contributed by atoms with van der Waals surface area (Å²) in [5.41, 5.74) is 1.28. The summed E-state index contributed by atoms with van der Waals surface area (Å²) < 4.78 is 5.22. The summed E-state index contributed by atoms with van der Waals surface area (Å²) in [4.78, 5) is 14.1. The van der Waals surface area contributed by atoms with Gasteiger partial charge < -0.3 is 15.0 Å². The highest BCUT2D eigenvalue weighted by Crippen LogP contribution is 2.32. The molecule has 2 saturated heterocycles. The Bertz CT molecular complexity index is 463. The molecular weight excluding hydrogens is 252 g/mol. The van der Waals surface area contributed by atoms with E-state index in [-0.39, 0.29) is 12.1 Å². The van der Waals surface area contributed by atoms with Crippen LogP contribution >= 0.6 is 0 Å². The minimum Gasteiger partial charge on any atom is -0.450 e. The van der Waals surface area contributed by atoms with Crippen LogP contribution in [0.2, 0.25) is 0 Å². The number of nitrogens with one attached hydrogen (secondary N) is 1. The Balaban J connectivity index is 1.77. The van der Waals surface area contributed by atoms with Gasteiger partial charge in [0.2, 0.25) is 0 Å². The fourth-order valence-electron chi connectivity index (χ4n) is 3.53. The Hall–Kier alpha value is -1.55. The number of fused-ring (bicyclic) bond motifs is 1. The van der Waals surface area contributed by atoms with Gasteiger partial charge in [0, 0.05) is 12.6 Å². The molecule has 1 aromatic rings. The maximum atomic E-state index is 12.2. The number of likely N-dealkylation sites (tertiary alicyclic amines) is 1. The van der Waals surface area contributed by atoms with E-state index in [4.69, 9.17) is 4.74 Å². The molecule has 20 heavy (non-hydrogen) atoms. The van der Waals surface area contributed by atoms with Crippen molar-refractivity contribution >= 4 is 6.09 Å². The molecule has 108 valence electrons. The van der Waals surface area contributed by atoms with Crippen LogP contribution in [0.5, 0.6) is 0 Å². The number of hydrogen-bond acceptors (Lipinski definition) is 3. The van der Waals surface area contributed by atoms with Crippen LogP contribution in [0.3, 0.4) is 0 Å². The Kier molecular flexibility index (Phi) is 3.92. The first-order valence-corrected chi connectivity index (χ1v) is 7.50. The second-order valence-corrected chi connectivity index (χ2v) is 5.64. The van der Waals surface area contributed by atoms with Crippen molar-refractivity contribution in [2.45, 2.75) is 31.8 Å². The molecular formula is C16H22N2O2. The number of hydrogen-bond donors (Lipinski definition) is 1. The van der Waals surface area contributed by atoms with Crippen molar-refractivity contribution in [2.24, 2.45) is 5.92 Å². The van der Waals surface area contributed by atoms with E-state index in [2.05, 4.69) is 29.6 Å². The van der Waals surface area contributed by atoms with E-state index in [0.717, 1.165) is 25.9 Å². The predicted octanol–water partition coefficient (Wildman–Crippen LogP) is 2.05. The zero-order chi connectivity index (χ0) is 13.9. The lowest BCUT2D eigenvalue weighted by Gasteiger charge is -2.27. The molecule has 1 N–H and O–H groups in total. The fourth-order valence-corrected chi connectivity index (χ4v) is 3.53. The number of benzene rings is 1. The number of ether oxygens (including phenoxy) is 1. The van der Waals surface area contributed by atoms with Gasteiger partial charge in [-0.1, -0.05) is 30.3 Å². The topological polar surface area (TPSA) is 41.6 Å². The number of amides is 1. The van der Waals surface area contributed by atoms with Gasteiger partial charge in [0.05, 0.1) is 12.6 Å². The molecule has 1 amide bonds. The van der Waals surface area contributed by atoms with Crippen LogP contribution in [0.15, 0.2) is 30.3 Å². The van der Waals surface area contributed by atoms with Gasteiger partial charge in [-0.05, 0) is 37.8 Å². The highest BCUT2D eigenvalue weighted by molar-refractivity contribution is 5.69. The van der Waals surface area contributed by atoms with Gasteiger partial charge in [-0.25, -0.2) is 4.79 Å². The highest BCUT2D eigenvalue weighted by Gasteiger charge is 2.46. The molecule has 3 atom stereocenters. The summed E-state index contributed by atoms with van der Waals surface area (Å²) in [6, 6.07) is 11.0. The summed E-state index contributed by atoms with van der Waals surface area (Å²) in [7, 11) is 0. The minimum atomic E-state index is -0.162. The van der Waals surface area contributed by atoms with E-state index in [9.17, 15) is 4.79 Å². The summed E-state index contributed by atoms with van der Waals surface area (Å²) in [5, 5.41) is 3.57. The van der Waals surface area contributed by atoms with Crippen LogP contribution in [-0.2, 0) is 11.2 Å². The smallest absolute Gasteiger partial charge is 0.410 e. The van der Waals surface area contributed by atoms with Crippen LogP contribution in [0, 0.1) is 5.92 Å². The third-order valence-electron chi connectivity index (χ3n) is 4.44. The number of carbonyl (C=O) groups is 1. The van der Waals surface area contributed by atoms with Crippen LogP contribution in [0.4, 0.5) is 4.79 Å². The van der Waals surface area contributed by atoms with Crippen molar-refractivity contribution < 1.29 is 9.53 Å². The first-order chi connectivity index (χ1) is 9.79. The largest absolute Gasteiger partial charge is 0.450 e. The van der Waals surface area contributed by atoms with E-state index < -0.39 is 0 Å². The molecule has 2 heterocycles. The molecule has 4 heteroatoms. The second kappa shape index (κ2) is 5.83. The standard InChI is InChI=1S/C16H22N2O2/c1-2-20-16(19)18-11-13-8-9-17-15(13)14(18)10-12-6-4-3-5-7-12/h3-7,13-15,17H,2,8-11H2,1H3. The zero-order valence-corrected chi connectivity index (χ0v) is 11.9. The number of rotatable bonds is 3. The van der Waals surface area contributed by atoms with E-state index in [1.165, 1.54) is 5.56 Å². The first kappa shape index (κ1) is 13.4. The monoisotopic (exact) mass is 274 g/mol. The Morgan fingerprint density at radius 2 is 2.20 bits per heavy atom. The van der Waals surface area contributed by atoms with Crippen LogP contribution in [0.1, 0.15) is 18.9 Å². The van der Waals surface area contributed by atoms with Crippen molar-refractivity contribution in [2.75, 3.05) is 19.7 Å². The molecule has 2 fully saturated rings. The average molecular weight is 274 g/mol. The molecule has 4 nitrogen and oxygen atoms in total. The van der Waals surface area contributed by atoms with E-state index in [0.29, 0.717) is 18.6 Å². The van der Waals surface area contributed by atoms with Gasteiger partial charge in [0.25, 0.3) is 0 Å². The van der Waals surface area contributed by atoms with Gasteiger partial charge in [0.15, 0.2) is 0 Å². The van der Waals surface area contributed by atoms with Gasteiger partial charge in [0.1, 0.15) is 0 Å². The van der Waals surface area contributed by atoms with Crippen molar-refractivity contribution in [3.63, 3.8) is 0 Å². The molecule has 3 unspecified atom stereocenters. The summed E-state index contributed by atoms with van der Waals surface area (Å²) in [6.07, 6.45) is 1.89. The SMILES string of the molecule is CCOC(=O)N1CC2CCNC2C1Cc1ccccc1. The van der Waals surface area contributed by atoms with Crippen molar-refractivity contribution in [1.82, 2.24) is 10.2 Å². The molecule has 0 aromatic heterocycles. The zero-order valence-electron chi connectivity index (χ0n) is 11.9. The molecule has 2 aliphatic heterocycles. The first-order valence-electron chi connectivity index (χ1n) is 7.50. The predicted molar refractivity (Wildman–Crippen MR) is 77.6 cm³/mol. The maximum absolute atomic E-state index is 12.2. The minimum absolute atomic E-state index is 0.162. The van der Waals surface area contributed by atoms with E-state index >= 15 is 0 Å². The quantitative estimate of drug-likeness (QED) is 0.917. The maximum Gasteiger partial charge on any atom is 0.410 e. The third kappa shape index (κ3) is 2.52. The molecule has 1 aromatic carbocycles. The molecule has 0 bridgehead atoms. The number of carbonyl (C=O) groups excluding carboxylic acids is 1. The van der Waals surface area contributed by atoms with Crippen molar-refractivity contribution in [3.05, 3.63) is 35.9 Å². The average Bonchev–Trinajstić information content (AvgIpc) is 3.03. The molecule has 0 spiro atoms. The summed E-state index contributed by atoms with van der Waals surface area (Å²) in [6.45, 7) is 4.20. The number of nitrogens with zero attached hydrogens (tertiary/aromatic N) is 1. The summed E-state index contributed by atoms with van der Waals surface area (Å²) >= 11 is 0. The molecule has 0 saturated carbocycles. The fraction of sp³-hybridized carbons (Fsp3) is 0.562. The summed E-state index contributed by atoms with van der Waals surface area (Å²) in [5.74, 6) is 0.577. The Morgan fingerprint density at radius 1 is 1.40 bits per heavy atom. The van der Waals surface area contributed by atoms with Gasteiger partial charge in [-0.15, -0.1) is 0 Å². The molecule has 0 radical (unpaired) electrons. The van der Waals surface area contributed by atoms with Crippen molar-refractivity contribution in [1.29, 1.82) is 0 Å². The third-order valence-corrected chi connectivity index (χ3v) is 4.44. The Labute approximate surface area is 120 Å².